The normalized spacial score (nSPS) is 23.6. The van der Waals surface area contributed by atoms with Crippen molar-refractivity contribution in [2.24, 2.45) is 0 Å². The highest BCUT2D eigenvalue weighted by Crippen LogP contribution is 2.41. The summed E-state index contributed by atoms with van der Waals surface area (Å²) in [6.45, 7) is 12.7. The molecule has 0 bridgehead atoms. The molecule has 50 heavy (non-hydrogen) atoms. The smallest absolute Gasteiger partial charge is 0.247 e. The number of nitrogens with zero attached hydrogens (tertiary/aromatic N) is 6. The number of hydroxylamine groups is 1. The minimum atomic E-state index is -0.564. The molecular formula is C37H46F2N8O3. The molecule has 0 radical (unpaired) electrons. The predicted octanol–water partition coefficient (Wildman–Crippen LogP) is 6.04. The first-order valence-electron chi connectivity index (χ1n) is 17.6. The van der Waals surface area contributed by atoms with Crippen LogP contribution in [-0.4, -0.2) is 89.7 Å². The van der Waals surface area contributed by atoms with E-state index in [0.717, 1.165) is 62.9 Å². The van der Waals surface area contributed by atoms with Crippen molar-refractivity contribution in [2.45, 2.75) is 76.2 Å². The van der Waals surface area contributed by atoms with Crippen LogP contribution in [0.2, 0.25) is 0 Å². The second kappa shape index (κ2) is 14.5. The van der Waals surface area contributed by atoms with Crippen LogP contribution in [-0.2, 0) is 9.63 Å². The first kappa shape index (κ1) is 34.1. The Balaban J connectivity index is 1.09. The Kier molecular flexibility index (Phi) is 9.89. The van der Waals surface area contributed by atoms with Crippen molar-refractivity contribution in [3.8, 4) is 5.75 Å². The van der Waals surface area contributed by atoms with Gasteiger partial charge in [-0.15, -0.1) is 0 Å². The summed E-state index contributed by atoms with van der Waals surface area (Å²) in [5.41, 5.74) is 2.26. The minimum Gasteiger partial charge on any atom is -0.494 e. The van der Waals surface area contributed by atoms with Gasteiger partial charge in [0.2, 0.25) is 5.91 Å². The average molecular weight is 689 g/mol. The second-order valence-electron chi connectivity index (χ2n) is 13.8. The van der Waals surface area contributed by atoms with Gasteiger partial charge in [0.25, 0.3) is 0 Å². The molecule has 4 heterocycles. The molecule has 1 unspecified atom stereocenters. The molecule has 3 aromatic rings. The largest absolute Gasteiger partial charge is 0.494 e. The summed E-state index contributed by atoms with van der Waals surface area (Å²) in [6.07, 6.45) is 7.82. The van der Waals surface area contributed by atoms with Crippen LogP contribution in [0, 0.1) is 11.6 Å². The maximum atomic E-state index is 14.7. The lowest BCUT2D eigenvalue weighted by atomic mass is 9.97. The van der Waals surface area contributed by atoms with Crippen LogP contribution in [0.3, 0.4) is 0 Å². The molecule has 1 aromatic heterocycles. The maximum absolute atomic E-state index is 14.7. The van der Waals surface area contributed by atoms with Gasteiger partial charge in [-0.1, -0.05) is 6.58 Å². The number of nitrogens with one attached hydrogen (secondary N) is 2. The Morgan fingerprint density at radius 2 is 1.68 bits per heavy atom. The lowest BCUT2D eigenvalue weighted by molar-refractivity contribution is -0.111. The van der Waals surface area contributed by atoms with E-state index in [4.69, 9.17) is 9.57 Å². The summed E-state index contributed by atoms with van der Waals surface area (Å²) < 4.78 is 34.6. The number of amides is 1. The minimum absolute atomic E-state index is 0.194. The number of carbonyl (C=O) groups excluding carboxylic acids is 1. The molecule has 4 aliphatic rings. The van der Waals surface area contributed by atoms with Crippen LogP contribution in [0.5, 0.6) is 5.75 Å². The Hall–Kier alpha value is -4.33. The Morgan fingerprint density at radius 1 is 0.960 bits per heavy atom. The third-order valence-electron chi connectivity index (χ3n) is 10.5. The monoisotopic (exact) mass is 688 g/mol. The number of carbonyl (C=O) groups is 1. The predicted molar refractivity (Wildman–Crippen MR) is 190 cm³/mol. The summed E-state index contributed by atoms with van der Waals surface area (Å²) in [5.74, 6) is 0.00335. The number of aromatic nitrogens is 2. The summed E-state index contributed by atoms with van der Waals surface area (Å²) in [5, 5.41) is 7.78. The third-order valence-corrected chi connectivity index (χ3v) is 10.5. The Bertz CT molecular complexity index is 1720. The number of ether oxygens (including phenoxy) is 1. The van der Waals surface area contributed by atoms with Gasteiger partial charge in [-0.2, -0.15) is 0 Å². The zero-order valence-electron chi connectivity index (χ0n) is 28.9. The van der Waals surface area contributed by atoms with Crippen LogP contribution < -0.4 is 25.3 Å². The van der Waals surface area contributed by atoms with E-state index in [1.165, 1.54) is 36.4 Å². The molecule has 1 aliphatic carbocycles. The van der Waals surface area contributed by atoms with Crippen LogP contribution >= 0.6 is 0 Å². The van der Waals surface area contributed by atoms with Crippen LogP contribution in [0.25, 0.3) is 0 Å². The number of halogens is 2. The van der Waals surface area contributed by atoms with Crippen molar-refractivity contribution in [3.05, 3.63) is 72.6 Å². The fraction of sp³-hybridized carbons (Fsp3) is 0.486. The third kappa shape index (κ3) is 7.12. The molecule has 7 rings (SSSR count). The fourth-order valence-electron chi connectivity index (χ4n) is 7.84. The zero-order chi connectivity index (χ0) is 34.9. The van der Waals surface area contributed by atoms with Crippen molar-refractivity contribution >= 4 is 34.6 Å². The number of hydrogen-bond donors (Lipinski definition) is 2. The van der Waals surface area contributed by atoms with Crippen LogP contribution in [0.15, 0.2) is 55.4 Å². The van der Waals surface area contributed by atoms with Crippen molar-refractivity contribution < 1.29 is 23.1 Å². The SMILES string of the molecule is C=CC(=O)Nc1cc(Nc2cc(N3OCCC3c3cc(F)ccc3F)ncn2)c(OC)cc1N1CCC(N2C[C@@H](C)N(C3CC3)C[C@@H]2C)CC1. The number of benzene rings is 2. The Labute approximate surface area is 292 Å². The van der Waals surface area contributed by atoms with E-state index in [1.807, 2.05) is 12.1 Å². The zero-order valence-corrected chi connectivity index (χ0v) is 28.9. The number of anilines is 5. The molecule has 1 amide bonds. The van der Waals surface area contributed by atoms with Gasteiger partial charge >= 0.3 is 0 Å². The highest BCUT2D eigenvalue weighted by Gasteiger charge is 2.40. The summed E-state index contributed by atoms with van der Waals surface area (Å²) >= 11 is 0. The van der Waals surface area contributed by atoms with Gasteiger partial charge in [-0.3, -0.25) is 19.4 Å². The number of methoxy groups -OCH3 is 1. The highest BCUT2D eigenvalue weighted by atomic mass is 19.1. The van der Waals surface area contributed by atoms with E-state index >= 15 is 0 Å². The fourth-order valence-corrected chi connectivity index (χ4v) is 7.84. The molecule has 0 spiro atoms. The van der Waals surface area contributed by atoms with E-state index < -0.39 is 17.7 Å². The van der Waals surface area contributed by atoms with Gasteiger partial charge in [0.1, 0.15) is 29.5 Å². The summed E-state index contributed by atoms with van der Waals surface area (Å²) in [6, 6.07) is 10.7. The summed E-state index contributed by atoms with van der Waals surface area (Å²) in [7, 11) is 1.60. The molecule has 4 fully saturated rings. The van der Waals surface area contributed by atoms with E-state index in [0.29, 0.717) is 59.9 Å². The van der Waals surface area contributed by atoms with Gasteiger partial charge in [-0.25, -0.2) is 23.8 Å². The Morgan fingerprint density at radius 3 is 2.36 bits per heavy atom. The lowest BCUT2D eigenvalue weighted by Crippen LogP contribution is -2.61. The van der Waals surface area contributed by atoms with Crippen molar-refractivity contribution in [1.29, 1.82) is 0 Å². The van der Waals surface area contributed by atoms with E-state index in [1.54, 1.807) is 13.2 Å². The molecule has 266 valence electrons. The molecule has 13 heteroatoms. The number of rotatable bonds is 10. The topological polar surface area (TPSA) is 98.3 Å². The van der Waals surface area contributed by atoms with E-state index in [2.05, 4.69) is 55.7 Å². The van der Waals surface area contributed by atoms with Gasteiger partial charge < -0.3 is 20.3 Å². The first-order chi connectivity index (χ1) is 24.2. The number of piperazine rings is 1. The van der Waals surface area contributed by atoms with Gasteiger partial charge in [0.15, 0.2) is 5.82 Å². The standard InChI is InChI=1S/C37H46F2N8O3/c1-5-37(48)43-30-17-31(42-35-19-36(41-22-40-35)47-32(12-15-50-47)28-16-25(38)6-9-29(28)39)34(49-4)18-33(30)44-13-10-27(11-14-44)46-21-23(2)45(20-24(46)3)26-7-8-26/h5-6,9,16-19,22-24,26-27,32H,1,7-8,10-15,20-21H2,2-4H3,(H,43,48)(H,40,41,42)/t23-,24+,32?/m1/s1. The summed E-state index contributed by atoms with van der Waals surface area (Å²) in [4.78, 5) is 34.9. The quantitative estimate of drug-likeness (QED) is 0.246. The van der Waals surface area contributed by atoms with Crippen molar-refractivity contribution in [3.63, 3.8) is 0 Å². The van der Waals surface area contributed by atoms with Crippen LogP contribution in [0.1, 0.15) is 57.6 Å². The molecule has 2 N–H and O–H groups in total. The van der Waals surface area contributed by atoms with Gasteiger partial charge in [-0.05, 0) is 69.9 Å². The van der Waals surface area contributed by atoms with Gasteiger partial charge in [0, 0.05) is 74.5 Å². The van der Waals surface area contributed by atoms with Crippen molar-refractivity contribution in [1.82, 2.24) is 19.8 Å². The molecular weight excluding hydrogens is 642 g/mol. The van der Waals surface area contributed by atoms with E-state index in [9.17, 15) is 13.6 Å². The number of piperidine rings is 1. The molecule has 3 atom stereocenters. The molecule has 3 saturated heterocycles. The lowest BCUT2D eigenvalue weighted by Gasteiger charge is -2.49. The van der Waals surface area contributed by atoms with Crippen LogP contribution in [0.4, 0.5) is 37.5 Å². The highest BCUT2D eigenvalue weighted by molar-refractivity contribution is 6.02. The molecule has 1 saturated carbocycles. The van der Waals surface area contributed by atoms with E-state index in [-0.39, 0.29) is 11.5 Å². The second-order valence-corrected chi connectivity index (χ2v) is 13.8. The van der Waals surface area contributed by atoms with Gasteiger partial charge in [0.05, 0.1) is 36.8 Å². The van der Waals surface area contributed by atoms with Crippen molar-refractivity contribution in [2.75, 3.05) is 60.5 Å². The molecule has 11 nitrogen and oxygen atoms in total. The number of hydrogen-bond acceptors (Lipinski definition) is 10. The molecule has 2 aromatic carbocycles. The molecule has 3 aliphatic heterocycles. The first-order valence-corrected chi connectivity index (χ1v) is 17.6. The maximum Gasteiger partial charge on any atom is 0.247 e. The average Bonchev–Trinajstić information content (AvgIpc) is 3.85.